The largest absolute Gasteiger partial charge is 0.441 e. The Morgan fingerprint density at radius 1 is 0.822 bits per heavy atom. The molecular formula is C39H36N4O2. The summed E-state index contributed by atoms with van der Waals surface area (Å²) in [7, 11) is 0. The predicted octanol–water partition coefficient (Wildman–Crippen LogP) is 8.21. The Labute approximate surface area is 264 Å². The lowest BCUT2D eigenvalue weighted by Gasteiger charge is -2.41. The maximum absolute atomic E-state index is 6.84. The number of aromatic nitrogens is 2. The van der Waals surface area contributed by atoms with Crippen LogP contribution in [0, 0.1) is 13.8 Å². The lowest BCUT2D eigenvalue weighted by atomic mass is 9.79. The highest BCUT2D eigenvalue weighted by Crippen LogP contribution is 2.48. The molecule has 1 unspecified atom stereocenters. The highest BCUT2D eigenvalue weighted by molar-refractivity contribution is 5.76. The molecule has 6 nitrogen and oxygen atoms in total. The average Bonchev–Trinajstić information content (AvgIpc) is 3.56. The van der Waals surface area contributed by atoms with Gasteiger partial charge in [0.2, 0.25) is 11.7 Å². The Morgan fingerprint density at radius 2 is 1.47 bits per heavy atom. The molecule has 224 valence electrons. The van der Waals surface area contributed by atoms with Crippen LogP contribution in [-0.2, 0) is 4.74 Å². The molecule has 0 saturated heterocycles. The number of rotatable bonds is 6. The number of nitrogens with zero attached hydrogens (tertiary/aromatic N) is 3. The topological polar surface area (TPSA) is 77.4 Å². The van der Waals surface area contributed by atoms with Gasteiger partial charge in [-0.2, -0.15) is 4.98 Å². The van der Waals surface area contributed by atoms with Crippen molar-refractivity contribution >= 4 is 11.6 Å². The molecule has 1 aromatic heterocycles. The molecule has 3 heterocycles. The van der Waals surface area contributed by atoms with Crippen LogP contribution in [0.2, 0.25) is 0 Å². The standard InChI is InChI=1S/C39H36N4O2/c1-25-14-18-28(19-15-25)22-32-23-43(27(3)29-10-6-4-7-11-29)24-33-34(30-20-16-26(2)17-21-30)35(37(40)44-36(32)33)39-41-38(42-45-39)31-12-8-5-9-13-31/h4-22,27,34H,23-24,40H2,1-3H3/b32-22+/t27-,34?/m1/s1. The molecule has 2 atom stereocenters. The van der Waals surface area contributed by atoms with Crippen molar-refractivity contribution in [3.8, 4) is 11.4 Å². The van der Waals surface area contributed by atoms with E-state index < -0.39 is 0 Å². The van der Waals surface area contributed by atoms with Gasteiger partial charge in [-0.25, -0.2) is 0 Å². The summed E-state index contributed by atoms with van der Waals surface area (Å²) >= 11 is 0. The number of hydrogen-bond acceptors (Lipinski definition) is 6. The molecule has 2 aliphatic rings. The maximum Gasteiger partial charge on any atom is 0.260 e. The minimum atomic E-state index is -0.245. The number of nitrogens with two attached hydrogens (primary N) is 1. The van der Waals surface area contributed by atoms with Gasteiger partial charge in [-0.3, -0.25) is 4.90 Å². The highest BCUT2D eigenvalue weighted by atomic mass is 16.5. The Hall–Kier alpha value is -5.20. The molecule has 2 aliphatic heterocycles. The fourth-order valence-corrected chi connectivity index (χ4v) is 6.26. The summed E-state index contributed by atoms with van der Waals surface area (Å²) in [6.07, 6.45) is 2.23. The van der Waals surface area contributed by atoms with Crippen LogP contribution in [0.25, 0.3) is 23.0 Å². The van der Waals surface area contributed by atoms with Gasteiger partial charge in [-0.1, -0.05) is 125 Å². The molecule has 0 amide bonds. The number of ether oxygens (including phenoxy) is 1. The van der Waals surface area contributed by atoms with Crippen LogP contribution in [0.3, 0.4) is 0 Å². The van der Waals surface area contributed by atoms with Gasteiger partial charge < -0.3 is 15.0 Å². The van der Waals surface area contributed by atoms with Crippen LogP contribution in [-0.4, -0.2) is 28.1 Å². The van der Waals surface area contributed by atoms with Crippen molar-refractivity contribution in [3.05, 3.63) is 166 Å². The van der Waals surface area contributed by atoms with E-state index in [0.29, 0.717) is 30.4 Å². The van der Waals surface area contributed by atoms with E-state index in [1.807, 2.05) is 30.3 Å². The summed E-state index contributed by atoms with van der Waals surface area (Å²) in [5.41, 5.74) is 16.5. The SMILES string of the molecule is Cc1ccc(/C=C2\CN([C@H](C)c3ccccc3)CC3=C2OC(N)=C(c2nc(-c4ccccc4)no2)C3c2ccc(C)cc2)cc1. The first-order valence-corrected chi connectivity index (χ1v) is 15.4. The monoisotopic (exact) mass is 592 g/mol. The van der Waals surface area contributed by atoms with E-state index in [9.17, 15) is 0 Å². The quantitative estimate of drug-likeness (QED) is 0.214. The second-order valence-corrected chi connectivity index (χ2v) is 11.9. The number of hydrogen-bond donors (Lipinski definition) is 1. The summed E-state index contributed by atoms with van der Waals surface area (Å²) in [6.45, 7) is 7.87. The predicted molar refractivity (Wildman–Crippen MR) is 178 cm³/mol. The fraction of sp³-hybridized carbons (Fsp3) is 0.179. The van der Waals surface area contributed by atoms with Crippen molar-refractivity contribution in [1.29, 1.82) is 0 Å². The summed E-state index contributed by atoms with van der Waals surface area (Å²) in [5, 5.41) is 4.33. The van der Waals surface area contributed by atoms with Gasteiger partial charge in [0.1, 0.15) is 5.76 Å². The second kappa shape index (κ2) is 12.1. The third-order valence-corrected chi connectivity index (χ3v) is 8.79. The van der Waals surface area contributed by atoms with Crippen molar-refractivity contribution in [2.24, 2.45) is 5.73 Å². The minimum Gasteiger partial charge on any atom is -0.441 e. The molecule has 6 heteroatoms. The summed E-state index contributed by atoms with van der Waals surface area (Å²) < 4.78 is 12.5. The molecule has 0 spiro atoms. The van der Waals surface area contributed by atoms with Crippen LogP contribution in [0.5, 0.6) is 0 Å². The van der Waals surface area contributed by atoms with Gasteiger partial charge >= 0.3 is 0 Å². The van der Waals surface area contributed by atoms with E-state index in [0.717, 1.165) is 33.6 Å². The summed E-state index contributed by atoms with van der Waals surface area (Å²) in [6, 6.07) is 37.8. The Bertz CT molecular complexity index is 1900. The summed E-state index contributed by atoms with van der Waals surface area (Å²) in [4.78, 5) is 7.34. The first kappa shape index (κ1) is 28.6. The van der Waals surface area contributed by atoms with Gasteiger partial charge in [0.15, 0.2) is 0 Å². The van der Waals surface area contributed by atoms with E-state index in [1.165, 1.54) is 16.7 Å². The molecule has 2 N–H and O–H groups in total. The normalized spacial score (nSPS) is 18.6. The molecule has 0 bridgehead atoms. The van der Waals surface area contributed by atoms with Gasteiger partial charge in [-0.05, 0) is 49.1 Å². The first-order valence-electron chi connectivity index (χ1n) is 15.4. The number of benzene rings is 4. The van der Waals surface area contributed by atoms with E-state index in [-0.39, 0.29) is 17.8 Å². The van der Waals surface area contributed by atoms with Crippen molar-refractivity contribution in [1.82, 2.24) is 15.0 Å². The molecule has 0 radical (unpaired) electrons. The van der Waals surface area contributed by atoms with Crippen molar-refractivity contribution in [3.63, 3.8) is 0 Å². The molecule has 45 heavy (non-hydrogen) atoms. The molecule has 7 rings (SSSR count). The van der Waals surface area contributed by atoms with Gasteiger partial charge in [-0.15, -0.1) is 0 Å². The van der Waals surface area contributed by atoms with Crippen LogP contribution in [0.4, 0.5) is 0 Å². The van der Waals surface area contributed by atoms with Gasteiger partial charge in [0, 0.05) is 36.2 Å². The van der Waals surface area contributed by atoms with E-state index in [2.05, 4.69) is 116 Å². The Morgan fingerprint density at radius 3 is 2.16 bits per heavy atom. The van der Waals surface area contributed by atoms with Crippen LogP contribution in [0.15, 0.2) is 137 Å². The lowest BCUT2D eigenvalue weighted by Crippen LogP contribution is -2.39. The van der Waals surface area contributed by atoms with E-state index >= 15 is 0 Å². The molecule has 4 aromatic carbocycles. The van der Waals surface area contributed by atoms with Crippen LogP contribution < -0.4 is 5.73 Å². The maximum atomic E-state index is 6.84. The van der Waals surface area contributed by atoms with Gasteiger partial charge in [0.05, 0.1) is 5.57 Å². The molecule has 0 fully saturated rings. The van der Waals surface area contributed by atoms with Crippen molar-refractivity contribution in [2.45, 2.75) is 32.7 Å². The number of allylic oxidation sites excluding steroid dienone is 1. The fourth-order valence-electron chi connectivity index (χ4n) is 6.26. The minimum absolute atomic E-state index is 0.167. The highest BCUT2D eigenvalue weighted by Gasteiger charge is 2.41. The van der Waals surface area contributed by atoms with E-state index in [1.54, 1.807) is 0 Å². The molecule has 0 saturated carbocycles. The number of aryl methyl sites for hydroxylation is 2. The Balaban J connectivity index is 1.38. The smallest absolute Gasteiger partial charge is 0.260 e. The summed E-state index contributed by atoms with van der Waals surface area (Å²) in [5.74, 6) is 1.73. The molecule has 5 aromatic rings. The first-order chi connectivity index (χ1) is 21.9. The second-order valence-electron chi connectivity index (χ2n) is 11.9. The lowest BCUT2D eigenvalue weighted by molar-refractivity contribution is 0.203. The zero-order chi connectivity index (χ0) is 30.9. The van der Waals surface area contributed by atoms with Crippen LogP contribution in [0.1, 0.15) is 52.6 Å². The third kappa shape index (κ3) is 5.73. The van der Waals surface area contributed by atoms with Crippen molar-refractivity contribution < 1.29 is 9.26 Å². The van der Waals surface area contributed by atoms with Crippen molar-refractivity contribution in [2.75, 3.05) is 13.1 Å². The average molecular weight is 593 g/mol. The zero-order valence-electron chi connectivity index (χ0n) is 25.8. The van der Waals surface area contributed by atoms with E-state index in [4.69, 9.17) is 20.0 Å². The van der Waals surface area contributed by atoms with Crippen LogP contribution >= 0.6 is 0 Å². The zero-order valence-corrected chi connectivity index (χ0v) is 25.8. The molecular weight excluding hydrogens is 556 g/mol. The Kier molecular flexibility index (Phi) is 7.66. The van der Waals surface area contributed by atoms with Gasteiger partial charge in [0.25, 0.3) is 5.89 Å². The third-order valence-electron chi connectivity index (χ3n) is 8.79. The molecule has 0 aliphatic carbocycles.